The predicted octanol–water partition coefficient (Wildman–Crippen LogP) is 3.72. The van der Waals surface area contributed by atoms with Crippen LogP contribution >= 0.6 is 0 Å². The highest BCUT2D eigenvalue weighted by Gasteiger charge is 2.20. The first-order valence-electron chi connectivity index (χ1n) is 9.60. The molecule has 1 aliphatic rings. The Labute approximate surface area is 161 Å². The molecule has 0 aromatic heterocycles. The number of anilines is 1. The van der Waals surface area contributed by atoms with Crippen molar-refractivity contribution in [3.05, 3.63) is 54.1 Å². The fourth-order valence-electron chi connectivity index (χ4n) is 3.31. The van der Waals surface area contributed by atoms with E-state index in [1.165, 1.54) is 11.3 Å². The Morgan fingerprint density at radius 1 is 1.00 bits per heavy atom. The number of carbonyl (C=O) groups is 1. The van der Waals surface area contributed by atoms with Crippen LogP contribution in [0.15, 0.2) is 48.5 Å². The van der Waals surface area contributed by atoms with Crippen molar-refractivity contribution in [2.75, 3.05) is 38.3 Å². The summed E-state index contributed by atoms with van der Waals surface area (Å²) in [4.78, 5) is 16.8. The molecule has 3 rings (SSSR count). The first kappa shape index (κ1) is 19.1. The van der Waals surface area contributed by atoms with E-state index in [0.29, 0.717) is 32.6 Å². The minimum absolute atomic E-state index is 0.182. The van der Waals surface area contributed by atoms with E-state index in [4.69, 9.17) is 9.47 Å². The molecular formula is C22H28N2O3. The lowest BCUT2D eigenvalue weighted by Gasteiger charge is -2.21. The second kappa shape index (κ2) is 9.31. The van der Waals surface area contributed by atoms with Crippen LogP contribution in [0.2, 0.25) is 0 Å². The standard InChI is InChI=1S/C22H28N2O3/c1-3-26-20-11-6-7-12-21(20)27-16-8-13-22(25)24-15-14-23(2)19-10-5-4-9-18(19)17-24/h4-7,9-12H,3,8,13-17H2,1-2H3. The molecule has 27 heavy (non-hydrogen) atoms. The molecule has 0 N–H and O–H groups in total. The molecule has 0 unspecified atom stereocenters. The molecule has 1 heterocycles. The molecule has 2 aromatic carbocycles. The largest absolute Gasteiger partial charge is 0.490 e. The quantitative estimate of drug-likeness (QED) is 0.699. The van der Waals surface area contributed by atoms with Crippen LogP contribution in [0.25, 0.3) is 0 Å². The number of fused-ring (bicyclic) bond motifs is 1. The van der Waals surface area contributed by atoms with Crippen LogP contribution in [-0.2, 0) is 11.3 Å². The van der Waals surface area contributed by atoms with Crippen molar-refractivity contribution in [1.29, 1.82) is 0 Å². The average Bonchev–Trinajstić information content (AvgIpc) is 2.86. The molecule has 2 aromatic rings. The molecule has 0 spiro atoms. The zero-order valence-corrected chi connectivity index (χ0v) is 16.2. The fraction of sp³-hybridized carbons (Fsp3) is 0.409. The molecule has 0 saturated carbocycles. The van der Waals surface area contributed by atoms with E-state index in [-0.39, 0.29) is 5.91 Å². The summed E-state index contributed by atoms with van der Waals surface area (Å²) in [6, 6.07) is 15.9. The van der Waals surface area contributed by atoms with Crippen molar-refractivity contribution >= 4 is 11.6 Å². The highest BCUT2D eigenvalue weighted by atomic mass is 16.5. The van der Waals surface area contributed by atoms with Crippen LogP contribution in [0.4, 0.5) is 5.69 Å². The lowest BCUT2D eigenvalue weighted by molar-refractivity contribution is -0.131. The zero-order valence-electron chi connectivity index (χ0n) is 16.2. The second-order valence-corrected chi connectivity index (χ2v) is 6.70. The number of para-hydroxylation sites is 3. The molecule has 0 bridgehead atoms. The smallest absolute Gasteiger partial charge is 0.223 e. The number of rotatable bonds is 7. The first-order chi connectivity index (χ1) is 13.2. The molecule has 0 fully saturated rings. The molecular weight excluding hydrogens is 340 g/mol. The molecule has 5 nitrogen and oxygen atoms in total. The predicted molar refractivity (Wildman–Crippen MR) is 107 cm³/mol. The van der Waals surface area contributed by atoms with Crippen molar-refractivity contribution in [2.45, 2.75) is 26.3 Å². The summed E-state index contributed by atoms with van der Waals surface area (Å²) in [5, 5.41) is 0. The van der Waals surface area contributed by atoms with E-state index in [1.807, 2.05) is 48.2 Å². The maximum Gasteiger partial charge on any atom is 0.223 e. The van der Waals surface area contributed by atoms with Crippen LogP contribution in [0, 0.1) is 0 Å². The van der Waals surface area contributed by atoms with Gasteiger partial charge in [-0.2, -0.15) is 0 Å². The minimum Gasteiger partial charge on any atom is -0.490 e. The van der Waals surface area contributed by atoms with Gasteiger partial charge in [0.1, 0.15) is 0 Å². The maximum absolute atomic E-state index is 12.7. The fourth-order valence-corrected chi connectivity index (χ4v) is 3.31. The van der Waals surface area contributed by atoms with Crippen LogP contribution in [0.3, 0.4) is 0 Å². The van der Waals surface area contributed by atoms with Crippen LogP contribution in [-0.4, -0.2) is 44.2 Å². The molecule has 144 valence electrons. The Hall–Kier alpha value is -2.69. The summed E-state index contributed by atoms with van der Waals surface area (Å²) < 4.78 is 11.4. The minimum atomic E-state index is 0.182. The van der Waals surface area contributed by atoms with Gasteiger partial charge in [-0.1, -0.05) is 30.3 Å². The first-order valence-corrected chi connectivity index (χ1v) is 9.60. The van der Waals surface area contributed by atoms with Gasteiger partial charge < -0.3 is 19.3 Å². The molecule has 0 saturated heterocycles. The lowest BCUT2D eigenvalue weighted by Crippen LogP contribution is -2.34. The van der Waals surface area contributed by atoms with Crippen molar-refractivity contribution in [1.82, 2.24) is 4.90 Å². The van der Waals surface area contributed by atoms with Crippen LogP contribution in [0.1, 0.15) is 25.3 Å². The summed E-state index contributed by atoms with van der Waals surface area (Å²) in [6.45, 7) is 5.32. The Balaban J connectivity index is 1.50. The van der Waals surface area contributed by atoms with Gasteiger partial charge >= 0.3 is 0 Å². The monoisotopic (exact) mass is 368 g/mol. The van der Waals surface area contributed by atoms with Crippen molar-refractivity contribution in [3.8, 4) is 11.5 Å². The van der Waals surface area contributed by atoms with E-state index >= 15 is 0 Å². The van der Waals surface area contributed by atoms with Crippen molar-refractivity contribution < 1.29 is 14.3 Å². The van der Waals surface area contributed by atoms with Gasteiger partial charge in [0, 0.05) is 38.8 Å². The third-order valence-corrected chi connectivity index (χ3v) is 4.76. The van der Waals surface area contributed by atoms with Gasteiger partial charge in [0.15, 0.2) is 11.5 Å². The number of amides is 1. The average molecular weight is 368 g/mol. The van der Waals surface area contributed by atoms with E-state index in [0.717, 1.165) is 24.6 Å². The number of carbonyl (C=O) groups excluding carboxylic acids is 1. The normalized spacial score (nSPS) is 13.7. The molecule has 1 amide bonds. The van der Waals surface area contributed by atoms with Gasteiger partial charge in [0.2, 0.25) is 5.91 Å². The zero-order chi connectivity index (χ0) is 19.1. The number of ether oxygens (including phenoxy) is 2. The van der Waals surface area contributed by atoms with Gasteiger partial charge in [0.25, 0.3) is 0 Å². The summed E-state index contributed by atoms with van der Waals surface area (Å²) >= 11 is 0. The SMILES string of the molecule is CCOc1ccccc1OCCCC(=O)N1CCN(C)c2ccccc2C1. The summed E-state index contributed by atoms with van der Waals surface area (Å²) in [5.74, 6) is 1.66. The number of benzene rings is 2. The van der Waals surface area contributed by atoms with E-state index in [9.17, 15) is 4.79 Å². The molecule has 0 radical (unpaired) electrons. The van der Waals surface area contributed by atoms with Gasteiger partial charge in [-0.3, -0.25) is 4.79 Å². The van der Waals surface area contributed by atoms with Crippen molar-refractivity contribution in [3.63, 3.8) is 0 Å². The van der Waals surface area contributed by atoms with Gasteiger partial charge in [-0.25, -0.2) is 0 Å². The number of likely N-dealkylation sites (N-methyl/N-ethyl adjacent to an activating group) is 1. The Kier molecular flexibility index (Phi) is 6.58. The van der Waals surface area contributed by atoms with Crippen LogP contribution in [0.5, 0.6) is 11.5 Å². The van der Waals surface area contributed by atoms with E-state index < -0.39 is 0 Å². The molecule has 1 aliphatic heterocycles. The Bertz CT molecular complexity index is 763. The lowest BCUT2D eigenvalue weighted by atomic mass is 10.1. The van der Waals surface area contributed by atoms with Gasteiger partial charge in [-0.15, -0.1) is 0 Å². The maximum atomic E-state index is 12.7. The number of hydrogen-bond donors (Lipinski definition) is 0. The highest BCUT2D eigenvalue weighted by molar-refractivity contribution is 5.76. The van der Waals surface area contributed by atoms with E-state index in [1.54, 1.807) is 0 Å². The van der Waals surface area contributed by atoms with Gasteiger partial charge in [0.05, 0.1) is 13.2 Å². The third kappa shape index (κ3) is 4.94. The van der Waals surface area contributed by atoms with Gasteiger partial charge in [-0.05, 0) is 37.1 Å². The topological polar surface area (TPSA) is 42.0 Å². The third-order valence-electron chi connectivity index (χ3n) is 4.76. The molecule has 5 heteroatoms. The number of nitrogens with zero attached hydrogens (tertiary/aromatic N) is 2. The second-order valence-electron chi connectivity index (χ2n) is 6.70. The molecule has 0 aliphatic carbocycles. The molecule has 0 atom stereocenters. The van der Waals surface area contributed by atoms with E-state index in [2.05, 4.69) is 24.1 Å². The Morgan fingerprint density at radius 2 is 1.70 bits per heavy atom. The summed E-state index contributed by atoms with van der Waals surface area (Å²) in [5.41, 5.74) is 2.41. The number of hydrogen-bond acceptors (Lipinski definition) is 4. The summed E-state index contributed by atoms with van der Waals surface area (Å²) in [7, 11) is 2.08. The highest BCUT2D eigenvalue weighted by Crippen LogP contribution is 2.27. The Morgan fingerprint density at radius 3 is 2.48 bits per heavy atom. The van der Waals surface area contributed by atoms with Crippen LogP contribution < -0.4 is 14.4 Å². The summed E-state index contributed by atoms with van der Waals surface area (Å²) in [6.07, 6.45) is 1.18. The van der Waals surface area contributed by atoms with Crippen molar-refractivity contribution in [2.24, 2.45) is 0 Å².